The Hall–Kier alpha value is 0.390. The van der Waals surface area contributed by atoms with E-state index in [1.165, 1.54) is 19.3 Å². The molecule has 0 saturated carbocycles. The number of hydrogen-bond acceptors (Lipinski definition) is 3. The topological polar surface area (TPSA) is 60.8 Å². The van der Waals surface area contributed by atoms with E-state index >= 15 is 0 Å². The molecule has 0 aromatic carbocycles. The normalized spacial score (nSPS) is 12.2. The molecule has 4 nitrogen and oxygen atoms in total. The summed E-state index contributed by atoms with van der Waals surface area (Å²) in [6, 6.07) is 0. The van der Waals surface area contributed by atoms with Crippen molar-refractivity contribution in [3.8, 4) is 0 Å². The zero-order valence-electron chi connectivity index (χ0n) is 11.2. The molecule has 0 fully saturated rings. The second-order valence-corrected chi connectivity index (χ2v) is 4.58. The van der Waals surface area contributed by atoms with Gasteiger partial charge in [-0.25, -0.2) is 0 Å². The van der Waals surface area contributed by atoms with E-state index in [0.717, 1.165) is 13.0 Å². The first-order valence-corrected chi connectivity index (χ1v) is 6.69. The van der Waals surface area contributed by atoms with E-state index in [1.807, 2.05) is 0 Å². The van der Waals surface area contributed by atoms with Crippen LogP contribution in [0.25, 0.3) is 0 Å². The van der Waals surface area contributed by atoms with Crippen LogP contribution in [0, 0.1) is 5.92 Å². The fourth-order valence-electron chi connectivity index (χ4n) is 1.97. The number of aliphatic carboxylic acids is 1. The molecule has 0 aliphatic heterocycles. The summed E-state index contributed by atoms with van der Waals surface area (Å²) in [6.07, 6.45) is 4.90. The van der Waals surface area contributed by atoms with Gasteiger partial charge in [-0.2, -0.15) is 0 Å². The molecule has 0 aromatic rings. The SMILES string of the molecule is CCCCC(CC)CN(CCO)CCC(=O)O.[NaH]. The standard InChI is InChI=1S/C13H27NO3.Na.H/c1-3-5-6-12(4-2)11-14(9-10-15)8-7-13(16)17;;/h12,15H,3-11H2,1-2H3,(H,16,17);;. The van der Waals surface area contributed by atoms with Crippen molar-refractivity contribution in [1.29, 1.82) is 0 Å². The molecule has 0 rings (SSSR count). The van der Waals surface area contributed by atoms with Crippen molar-refractivity contribution in [2.75, 3.05) is 26.2 Å². The Balaban J connectivity index is 0. The summed E-state index contributed by atoms with van der Waals surface area (Å²) in [5.41, 5.74) is 0. The van der Waals surface area contributed by atoms with Gasteiger partial charge in [-0.15, -0.1) is 0 Å². The van der Waals surface area contributed by atoms with Crippen LogP contribution in [-0.2, 0) is 4.79 Å². The molecule has 0 saturated heterocycles. The number of unbranched alkanes of at least 4 members (excludes halogenated alkanes) is 1. The maximum absolute atomic E-state index is 10.5. The van der Waals surface area contributed by atoms with Crippen molar-refractivity contribution in [2.45, 2.75) is 46.0 Å². The summed E-state index contributed by atoms with van der Waals surface area (Å²) in [5.74, 6) is -0.148. The molecule has 0 aromatic heterocycles. The number of aliphatic hydroxyl groups is 1. The van der Waals surface area contributed by atoms with Crippen LogP contribution in [0.2, 0.25) is 0 Å². The number of carboxylic acid groups (broad SMARTS) is 1. The molecule has 1 atom stereocenters. The number of carboxylic acids is 1. The molecule has 5 heteroatoms. The second kappa shape index (κ2) is 13.8. The van der Waals surface area contributed by atoms with Crippen molar-refractivity contribution >= 4 is 35.5 Å². The van der Waals surface area contributed by atoms with Gasteiger partial charge in [-0.1, -0.05) is 33.1 Å². The summed E-state index contributed by atoms with van der Waals surface area (Å²) < 4.78 is 0. The molecule has 0 heterocycles. The summed E-state index contributed by atoms with van der Waals surface area (Å²) in [6.45, 7) is 6.49. The predicted octanol–water partition coefficient (Wildman–Crippen LogP) is 1.32. The van der Waals surface area contributed by atoms with E-state index in [-0.39, 0.29) is 42.6 Å². The molecule has 18 heavy (non-hydrogen) atoms. The van der Waals surface area contributed by atoms with Crippen LogP contribution in [-0.4, -0.2) is 76.9 Å². The number of hydrogen-bond donors (Lipinski definition) is 2. The van der Waals surface area contributed by atoms with Crippen molar-refractivity contribution in [3.05, 3.63) is 0 Å². The Labute approximate surface area is 133 Å². The molecule has 0 spiro atoms. The van der Waals surface area contributed by atoms with E-state index in [2.05, 4.69) is 18.7 Å². The fraction of sp³-hybridized carbons (Fsp3) is 0.923. The second-order valence-electron chi connectivity index (χ2n) is 4.58. The van der Waals surface area contributed by atoms with Gasteiger partial charge >= 0.3 is 35.5 Å². The Morgan fingerprint density at radius 3 is 2.39 bits per heavy atom. The molecule has 0 aliphatic rings. The summed E-state index contributed by atoms with van der Waals surface area (Å²) >= 11 is 0. The van der Waals surface area contributed by atoms with E-state index < -0.39 is 5.97 Å². The van der Waals surface area contributed by atoms with Gasteiger partial charge in [0.05, 0.1) is 13.0 Å². The van der Waals surface area contributed by atoms with Crippen molar-refractivity contribution in [2.24, 2.45) is 5.92 Å². The van der Waals surface area contributed by atoms with Gasteiger partial charge in [0.1, 0.15) is 0 Å². The van der Waals surface area contributed by atoms with Crippen LogP contribution in [0.4, 0.5) is 0 Å². The summed E-state index contributed by atoms with van der Waals surface area (Å²) in [7, 11) is 0. The van der Waals surface area contributed by atoms with Crippen LogP contribution in [0.1, 0.15) is 46.0 Å². The molecule has 1 unspecified atom stereocenters. The molecule has 2 N–H and O–H groups in total. The number of carbonyl (C=O) groups is 1. The Kier molecular flexibility index (Phi) is 15.9. The molecule has 0 aliphatic carbocycles. The quantitative estimate of drug-likeness (QED) is 0.555. The van der Waals surface area contributed by atoms with Crippen LogP contribution < -0.4 is 0 Å². The average molecular weight is 269 g/mol. The van der Waals surface area contributed by atoms with Crippen LogP contribution >= 0.6 is 0 Å². The third kappa shape index (κ3) is 11.5. The number of rotatable bonds is 11. The van der Waals surface area contributed by atoms with Gasteiger partial charge in [0.25, 0.3) is 0 Å². The zero-order chi connectivity index (χ0) is 13.1. The first kappa shape index (κ1) is 20.7. The van der Waals surface area contributed by atoms with Gasteiger partial charge in [0.2, 0.25) is 0 Å². The van der Waals surface area contributed by atoms with Crippen molar-refractivity contribution in [1.82, 2.24) is 4.90 Å². The monoisotopic (exact) mass is 269 g/mol. The third-order valence-electron chi connectivity index (χ3n) is 3.12. The minimum absolute atomic E-state index is 0. The Bertz CT molecular complexity index is 203. The first-order chi connectivity index (χ1) is 8.13. The van der Waals surface area contributed by atoms with Gasteiger partial charge in [0.15, 0.2) is 0 Å². The predicted molar refractivity (Wildman–Crippen MR) is 76.2 cm³/mol. The molecular weight excluding hydrogens is 241 g/mol. The van der Waals surface area contributed by atoms with Gasteiger partial charge in [-0.05, 0) is 12.3 Å². The van der Waals surface area contributed by atoms with E-state index in [4.69, 9.17) is 10.2 Å². The molecule has 0 bridgehead atoms. The van der Waals surface area contributed by atoms with Crippen LogP contribution in [0.15, 0.2) is 0 Å². The van der Waals surface area contributed by atoms with Crippen molar-refractivity contribution in [3.63, 3.8) is 0 Å². The van der Waals surface area contributed by atoms with E-state index in [1.54, 1.807) is 0 Å². The number of aliphatic hydroxyl groups excluding tert-OH is 1. The molecular formula is C13H28NNaO3. The fourth-order valence-corrected chi connectivity index (χ4v) is 1.97. The molecule has 0 amide bonds. The molecule has 0 radical (unpaired) electrons. The van der Waals surface area contributed by atoms with E-state index in [9.17, 15) is 4.79 Å². The van der Waals surface area contributed by atoms with E-state index in [0.29, 0.717) is 19.0 Å². The zero-order valence-corrected chi connectivity index (χ0v) is 11.2. The molecule has 104 valence electrons. The number of nitrogens with zero attached hydrogens (tertiary/aromatic N) is 1. The van der Waals surface area contributed by atoms with Crippen molar-refractivity contribution < 1.29 is 15.0 Å². The third-order valence-corrected chi connectivity index (χ3v) is 3.12. The maximum atomic E-state index is 10.5. The summed E-state index contributed by atoms with van der Waals surface area (Å²) in [4.78, 5) is 12.6. The van der Waals surface area contributed by atoms with Crippen LogP contribution in [0.3, 0.4) is 0 Å². The average Bonchev–Trinajstić information content (AvgIpc) is 2.31. The van der Waals surface area contributed by atoms with Crippen LogP contribution in [0.5, 0.6) is 0 Å². The van der Waals surface area contributed by atoms with Gasteiger partial charge in [-0.3, -0.25) is 4.79 Å². The van der Waals surface area contributed by atoms with Gasteiger partial charge in [0, 0.05) is 19.6 Å². The first-order valence-electron chi connectivity index (χ1n) is 6.69. The minimum atomic E-state index is -0.769. The van der Waals surface area contributed by atoms with Gasteiger partial charge < -0.3 is 15.1 Å². The summed E-state index contributed by atoms with van der Waals surface area (Å²) in [5, 5.41) is 17.6. The Morgan fingerprint density at radius 2 is 1.94 bits per heavy atom. The Morgan fingerprint density at radius 1 is 1.28 bits per heavy atom.